The van der Waals surface area contributed by atoms with E-state index >= 15 is 0 Å². The number of rotatable bonds is 3. The number of aromatic nitrogens is 2. The molecule has 1 aliphatic heterocycles. The molecule has 0 bridgehead atoms. The van der Waals surface area contributed by atoms with Crippen molar-refractivity contribution in [3.05, 3.63) is 5.01 Å². The molecular weight excluding hydrogens is 230 g/mol. The highest BCUT2D eigenvalue weighted by molar-refractivity contribution is 7.15. The van der Waals surface area contributed by atoms with Crippen LogP contribution in [0.25, 0.3) is 0 Å². The van der Waals surface area contributed by atoms with Gasteiger partial charge in [-0.05, 0) is 6.92 Å². The first-order valence-electron chi connectivity index (χ1n) is 5.02. The van der Waals surface area contributed by atoms with Crippen molar-refractivity contribution in [3.8, 4) is 0 Å². The number of carbonyl (C=O) groups is 1. The summed E-state index contributed by atoms with van der Waals surface area (Å²) in [5.41, 5.74) is -0.954. The highest BCUT2D eigenvalue weighted by atomic mass is 32.1. The predicted octanol–water partition coefficient (Wildman–Crippen LogP) is 0.892. The molecule has 16 heavy (non-hydrogen) atoms. The van der Waals surface area contributed by atoms with Gasteiger partial charge in [0, 0.05) is 26.1 Å². The highest BCUT2D eigenvalue weighted by Gasteiger charge is 2.40. The quantitative estimate of drug-likeness (QED) is 0.820. The number of ether oxygens (including phenoxy) is 1. The molecule has 0 spiro atoms. The summed E-state index contributed by atoms with van der Waals surface area (Å²) < 4.78 is 5.18. The molecule has 1 saturated heterocycles. The second kappa shape index (κ2) is 4.34. The Morgan fingerprint density at radius 3 is 2.69 bits per heavy atom. The lowest BCUT2D eigenvalue weighted by molar-refractivity contribution is -0.145. The molecule has 2 rings (SSSR count). The lowest BCUT2D eigenvalue weighted by atomic mass is 9.90. The van der Waals surface area contributed by atoms with E-state index in [4.69, 9.17) is 4.74 Å². The number of hydrogen-bond donors (Lipinski definition) is 2. The minimum Gasteiger partial charge on any atom is -0.480 e. The molecule has 0 atom stereocenters. The van der Waals surface area contributed by atoms with E-state index in [9.17, 15) is 9.90 Å². The van der Waals surface area contributed by atoms with Gasteiger partial charge in [-0.1, -0.05) is 11.3 Å². The molecule has 88 valence electrons. The number of nitrogens with zero attached hydrogens (tertiary/aromatic N) is 2. The minimum atomic E-state index is -0.954. The summed E-state index contributed by atoms with van der Waals surface area (Å²) in [6.45, 7) is 2.74. The van der Waals surface area contributed by atoms with E-state index in [-0.39, 0.29) is 0 Å². The zero-order valence-electron chi connectivity index (χ0n) is 8.89. The van der Waals surface area contributed by atoms with Crippen LogP contribution in [0.15, 0.2) is 0 Å². The summed E-state index contributed by atoms with van der Waals surface area (Å²) in [6, 6.07) is 0. The maximum Gasteiger partial charge on any atom is 0.329 e. The molecule has 0 aromatic carbocycles. The van der Waals surface area contributed by atoms with Crippen molar-refractivity contribution in [1.82, 2.24) is 10.2 Å². The van der Waals surface area contributed by atoms with Crippen LogP contribution in [-0.2, 0) is 9.53 Å². The maximum atomic E-state index is 11.3. The van der Waals surface area contributed by atoms with Gasteiger partial charge in [-0.15, -0.1) is 10.2 Å². The smallest absolute Gasteiger partial charge is 0.329 e. The number of hydrogen-bond acceptors (Lipinski definition) is 6. The number of anilines is 1. The van der Waals surface area contributed by atoms with E-state index in [1.165, 1.54) is 11.3 Å². The van der Waals surface area contributed by atoms with Gasteiger partial charge in [-0.2, -0.15) is 0 Å². The zero-order valence-corrected chi connectivity index (χ0v) is 9.71. The monoisotopic (exact) mass is 243 g/mol. The third kappa shape index (κ3) is 2.14. The molecule has 0 unspecified atom stereocenters. The highest BCUT2D eigenvalue weighted by Crippen LogP contribution is 2.27. The van der Waals surface area contributed by atoms with Crippen LogP contribution in [0.3, 0.4) is 0 Å². The van der Waals surface area contributed by atoms with Gasteiger partial charge >= 0.3 is 5.97 Å². The van der Waals surface area contributed by atoms with Crippen molar-refractivity contribution in [2.45, 2.75) is 25.3 Å². The standard InChI is InChI=1S/C9H13N3O3S/c1-6-11-12-8(16-6)10-9(7(13)14)2-4-15-5-3-9/h2-5H2,1H3,(H,10,12)(H,13,14). The fraction of sp³-hybridized carbons (Fsp3) is 0.667. The molecule has 2 heterocycles. The molecule has 1 aliphatic rings. The zero-order chi connectivity index (χ0) is 11.6. The third-order valence-corrected chi connectivity index (χ3v) is 3.38. The van der Waals surface area contributed by atoms with Gasteiger partial charge in [-0.25, -0.2) is 4.79 Å². The van der Waals surface area contributed by atoms with Crippen LogP contribution < -0.4 is 5.32 Å². The van der Waals surface area contributed by atoms with Gasteiger partial charge in [0.15, 0.2) is 0 Å². The Morgan fingerprint density at radius 2 is 2.19 bits per heavy atom. The first-order valence-corrected chi connectivity index (χ1v) is 5.83. The molecule has 0 amide bonds. The molecule has 1 aromatic heterocycles. The normalized spacial score (nSPS) is 19.3. The van der Waals surface area contributed by atoms with Crippen LogP contribution in [0.5, 0.6) is 0 Å². The number of carboxylic acid groups (broad SMARTS) is 1. The van der Waals surface area contributed by atoms with Gasteiger partial charge in [0.25, 0.3) is 0 Å². The Hall–Kier alpha value is -1.21. The third-order valence-electron chi connectivity index (χ3n) is 2.63. The van der Waals surface area contributed by atoms with Gasteiger partial charge in [-0.3, -0.25) is 0 Å². The summed E-state index contributed by atoms with van der Waals surface area (Å²) in [5.74, 6) is -0.858. The summed E-state index contributed by atoms with van der Waals surface area (Å²) in [7, 11) is 0. The van der Waals surface area contributed by atoms with Gasteiger partial charge in [0.1, 0.15) is 10.5 Å². The van der Waals surface area contributed by atoms with Gasteiger partial charge in [0.2, 0.25) is 5.13 Å². The second-order valence-corrected chi connectivity index (χ2v) is 4.93. The molecule has 0 saturated carbocycles. The maximum absolute atomic E-state index is 11.3. The Balaban J connectivity index is 2.16. The molecule has 1 aromatic rings. The average Bonchev–Trinajstić information content (AvgIpc) is 2.65. The van der Waals surface area contributed by atoms with Crippen LogP contribution in [-0.4, -0.2) is 40.0 Å². The van der Waals surface area contributed by atoms with Crippen molar-refractivity contribution >= 4 is 22.4 Å². The van der Waals surface area contributed by atoms with E-state index in [1.54, 1.807) is 0 Å². The average molecular weight is 243 g/mol. The lowest BCUT2D eigenvalue weighted by Gasteiger charge is -2.33. The van der Waals surface area contributed by atoms with E-state index < -0.39 is 11.5 Å². The van der Waals surface area contributed by atoms with Crippen LogP contribution in [0.2, 0.25) is 0 Å². The summed E-state index contributed by atoms with van der Waals surface area (Å²) in [4.78, 5) is 11.3. The number of aryl methyl sites for hydroxylation is 1. The van der Waals surface area contributed by atoms with Crippen molar-refractivity contribution in [2.75, 3.05) is 18.5 Å². The molecule has 0 aliphatic carbocycles. The van der Waals surface area contributed by atoms with E-state index in [0.29, 0.717) is 31.2 Å². The Labute approximate surface area is 96.6 Å². The van der Waals surface area contributed by atoms with Crippen molar-refractivity contribution in [2.24, 2.45) is 0 Å². The van der Waals surface area contributed by atoms with Gasteiger partial charge < -0.3 is 15.2 Å². The lowest BCUT2D eigenvalue weighted by Crippen LogP contribution is -2.50. The first-order chi connectivity index (χ1) is 7.62. The summed E-state index contributed by atoms with van der Waals surface area (Å²) >= 11 is 1.36. The first kappa shape index (κ1) is 11.3. The van der Waals surface area contributed by atoms with Crippen LogP contribution in [0.4, 0.5) is 5.13 Å². The van der Waals surface area contributed by atoms with E-state index in [1.807, 2.05) is 6.92 Å². The minimum absolute atomic E-state index is 0.445. The topological polar surface area (TPSA) is 84.3 Å². The molecule has 0 radical (unpaired) electrons. The van der Waals surface area contributed by atoms with Crippen LogP contribution in [0.1, 0.15) is 17.8 Å². The van der Waals surface area contributed by atoms with Crippen molar-refractivity contribution in [3.63, 3.8) is 0 Å². The Kier molecular flexibility index (Phi) is 3.06. The van der Waals surface area contributed by atoms with Crippen molar-refractivity contribution in [1.29, 1.82) is 0 Å². The Bertz CT molecular complexity index is 387. The number of carboxylic acids is 1. The van der Waals surface area contributed by atoms with Crippen LogP contribution in [0, 0.1) is 6.92 Å². The molecule has 2 N–H and O–H groups in total. The summed E-state index contributed by atoms with van der Waals surface area (Å²) in [6.07, 6.45) is 0.891. The van der Waals surface area contributed by atoms with Crippen molar-refractivity contribution < 1.29 is 14.6 Å². The molecular formula is C9H13N3O3S. The second-order valence-electron chi connectivity index (χ2n) is 3.75. The fourth-order valence-electron chi connectivity index (χ4n) is 1.66. The van der Waals surface area contributed by atoms with Crippen LogP contribution >= 0.6 is 11.3 Å². The molecule has 6 nitrogen and oxygen atoms in total. The largest absolute Gasteiger partial charge is 0.480 e. The number of aliphatic carboxylic acids is 1. The number of nitrogens with one attached hydrogen (secondary N) is 1. The van der Waals surface area contributed by atoms with Gasteiger partial charge in [0.05, 0.1) is 0 Å². The molecule has 7 heteroatoms. The fourth-order valence-corrected chi connectivity index (χ4v) is 2.35. The molecule has 1 fully saturated rings. The Morgan fingerprint density at radius 1 is 1.50 bits per heavy atom. The predicted molar refractivity (Wildman–Crippen MR) is 58.7 cm³/mol. The van der Waals surface area contributed by atoms with E-state index in [0.717, 1.165) is 5.01 Å². The van der Waals surface area contributed by atoms with E-state index in [2.05, 4.69) is 15.5 Å². The SMILES string of the molecule is Cc1nnc(NC2(C(=O)O)CCOCC2)s1. The summed E-state index contributed by atoms with van der Waals surface area (Å²) in [5, 5.41) is 21.4.